The Bertz CT molecular complexity index is 842. The maximum atomic E-state index is 12.7. The first-order valence-corrected chi connectivity index (χ1v) is 21.5. The second kappa shape index (κ2) is 35.3. The smallest absolute Gasteiger partial charge is 0.393 e. The van der Waals surface area contributed by atoms with Crippen LogP contribution in [0.4, 0.5) is 0 Å². The minimum atomic E-state index is -4.39. The number of phosphoric ester groups is 1. The van der Waals surface area contributed by atoms with Gasteiger partial charge in [-0.05, 0) is 44.9 Å². The van der Waals surface area contributed by atoms with E-state index in [-0.39, 0.29) is 19.6 Å². The van der Waals surface area contributed by atoms with Crippen molar-refractivity contribution in [1.82, 2.24) is 5.32 Å². The Morgan fingerprint density at radius 3 is 1.63 bits per heavy atom. The van der Waals surface area contributed by atoms with Crippen LogP contribution in [0.1, 0.15) is 181 Å². The Hall–Kier alpha value is -1.06. The van der Waals surface area contributed by atoms with E-state index in [1.165, 1.54) is 103 Å². The number of phosphoric acid groups is 1. The summed E-state index contributed by atoms with van der Waals surface area (Å²) in [6.07, 6.45) is 35.5. The maximum Gasteiger partial charge on any atom is 0.472 e. The van der Waals surface area contributed by atoms with Crippen LogP contribution >= 0.6 is 7.82 Å². The molecule has 290 valence electrons. The van der Waals surface area contributed by atoms with Crippen LogP contribution in [0.5, 0.6) is 0 Å². The van der Waals surface area contributed by atoms with E-state index in [0.29, 0.717) is 6.42 Å². The van der Waals surface area contributed by atoms with Gasteiger partial charge in [0.25, 0.3) is 0 Å². The van der Waals surface area contributed by atoms with E-state index in [1.807, 2.05) is 6.08 Å². The molecule has 0 saturated heterocycles. The highest BCUT2D eigenvalue weighted by molar-refractivity contribution is 7.47. The predicted molar refractivity (Wildman–Crippen MR) is 204 cm³/mol. The van der Waals surface area contributed by atoms with Crippen LogP contribution in [0, 0.1) is 0 Å². The van der Waals surface area contributed by atoms with E-state index in [9.17, 15) is 24.5 Å². The van der Waals surface area contributed by atoms with Crippen LogP contribution in [0.15, 0.2) is 24.3 Å². The molecule has 0 spiro atoms. The van der Waals surface area contributed by atoms with E-state index >= 15 is 0 Å². The van der Waals surface area contributed by atoms with Gasteiger partial charge in [-0.25, -0.2) is 4.57 Å². The Balaban J connectivity index is 4.32. The Labute approximate surface area is 300 Å². The number of unbranched alkanes of at least 4 members (excludes halogenated alkanes) is 21. The fraction of sp³-hybridized carbons (Fsp3) is 0.872. The van der Waals surface area contributed by atoms with Crippen LogP contribution < -0.4 is 11.1 Å². The van der Waals surface area contributed by atoms with Crippen molar-refractivity contribution in [3.63, 3.8) is 0 Å². The molecule has 0 aliphatic heterocycles. The molecule has 10 heteroatoms. The van der Waals surface area contributed by atoms with Crippen LogP contribution in [0.25, 0.3) is 0 Å². The first-order chi connectivity index (χ1) is 23.8. The number of aliphatic hydroxyl groups is 2. The average molecular weight is 717 g/mol. The molecule has 0 rings (SSSR count). The SMILES string of the molecule is CCCCCCCCCC/C=C\CCCCCCCC(O)CC(=O)NC(COP(=O)(O)OCCN)C(O)/C=C/CCCCCCCCCC. The molecule has 4 atom stereocenters. The monoisotopic (exact) mass is 717 g/mol. The van der Waals surface area contributed by atoms with Gasteiger partial charge in [0.05, 0.1) is 37.9 Å². The van der Waals surface area contributed by atoms with E-state index in [0.717, 1.165) is 51.4 Å². The molecular weight excluding hydrogens is 639 g/mol. The van der Waals surface area contributed by atoms with E-state index in [2.05, 4.69) is 31.3 Å². The highest BCUT2D eigenvalue weighted by Gasteiger charge is 2.27. The molecule has 4 unspecified atom stereocenters. The van der Waals surface area contributed by atoms with Crippen molar-refractivity contribution >= 4 is 13.7 Å². The minimum absolute atomic E-state index is 0.0485. The van der Waals surface area contributed by atoms with Gasteiger partial charge in [0, 0.05) is 6.54 Å². The third-order valence-corrected chi connectivity index (χ3v) is 9.81. The highest BCUT2D eigenvalue weighted by atomic mass is 31.2. The number of carbonyl (C=O) groups is 1. The summed E-state index contributed by atoms with van der Waals surface area (Å²) in [5, 5.41) is 23.9. The number of hydrogen-bond acceptors (Lipinski definition) is 7. The van der Waals surface area contributed by atoms with Crippen molar-refractivity contribution < 1.29 is 33.5 Å². The predicted octanol–water partition coefficient (Wildman–Crippen LogP) is 9.58. The summed E-state index contributed by atoms with van der Waals surface area (Å²) in [5.74, 6) is -0.453. The third kappa shape index (κ3) is 33.8. The number of nitrogens with two attached hydrogens (primary N) is 1. The largest absolute Gasteiger partial charge is 0.472 e. The molecule has 6 N–H and O–H groups in total. The summed E-state index contributed by atoms with van der Waals surface area (Å²) in [6.45, 7) is 3.93. The van der Waals surface area contributed by atoms with Gasteiger partial charge in [-0.3, -0.25) is 13.8 Å². The molecule has 1 amide bonds. The summed E-state index contributed by atoms with van der Waals surface area (Å²) in [6, 6.07) is -0.981. The van der Waals surface area contributed by atoms with Gasteiger partial charge >= 0.3 is 7.82 Å². The Kier molecular flexibility index (Phi) is 34.6. The molecule has 0 aliphatic rings. The van der Waals surface area contributed by atoms with E-state index < -0.39 is 38.6 Å². The number of rotatable bonds is 37. The lowest BCUT2D eigenvalue weighted by Crippen LogP contribution is -2.46. The molecule has 49 heavy (non-hydrogen) atoms. The number of nitrogens with one attached hydrogen (secondary N) is 1. The zero-order valence-electron chi connectivity index (χ0n) is 31.5. The summed E-state index contributed by atoms with van der Waals surface area (Å²) in [5.41, 5.74) is 5.34. The standard InChI is InChI=1S/C39H77N2O7P/c1-3-5-7-9-11-13-15-16-17-18-19-20-21-22-24-26-28-30-36(42)34-39(44)41-37(35-48-49(45,46)47-33-32-40)38(43)31-29-27-25-23-14-12-10-8-6-4-2/h18-19,29,31,36-38,42-43H,3-17,20-28,30,32-35,40H2,1-2H3,(H,41,44)(H,45,46)/b19-18-,31-29+. The Morgan fingerprint density at radius 1 is 0.694 bits per heavy atom. The van der Waals surface area contributed by atoms with Crippen LogP contribution in [0.3, 0.4) is 0 Å². The lowest BCUT2D eigenvalue weighted by Gasteiger charge is -2.24. The molecule has 0 bridgehead atoms. The van der Waals surface area contributed by atoms with Crippen molar-refractivity contribution in [2.75, 3.05) is 19.8 Å². The van der Waals surface area contributed by atoms with E-state index in [1.54, 1.807) is 6.08 Å². The minimum Gasteiger partial charge on any atom is -0.393 e. The number of allylic oxidation sites excluding steroid dienone is 3. The molecule has 0 heterocycles. The zero-order valence-corrected chi connectivity index (χ0v) is 32.4. The second-order valence-electron chi connectivity index (χ2n) is 13.7. The van der Waals surface area contributed by atoms with Gasteiger partial charge in [-0.2, -0.15) is 0 Å². The molecule has 0 aromatic rings. The first kappa shape index (κ1) is 47.9. The topological polar surface area (TPSA) is 151 Å². The van der Waals surface area contributed by atoms with Crippen molar-refractivity contribution in [2.45, 2.75) is 199 Å². The van der Waals surface area contributed by atoms with Gasteiger partial charge in [0.2, 0.25) is 5.91 Å². The summed E-state index contributed by atoms with van der Waals surface area (Å²) < 4.78 is 22.0. The van der Waals surface area contributed by atoms with Crippen molar-refractivity contribution in [3.05, 3.63) is 24.3 Å². The molecule has 9 nitrogen and oxygen atoms in total. The van der Waals surface area contributed by atoms with Gasteiger partial charge in [-0.1, -0.05) is 154 Å². The summed E-state index contributed by atoms with van der Waals surface area (Å²) in [7, 11) is -4.39. The fourth-order valence-electron chi connectivity index (χ4n) is 5.76. The number of amides is 1. The van der Waals surface area contributed by atoms with Crippen LogP contribution in [-0.4, -0.2) is 59.0 Å². The van der Waals surface area contributed by atoms with Gasteiger partial charge < -0.3 is 26.2 Å². The van der Waals surface area contributed by atoms with Crippen LogP contribution in [0.2, 0.25) is 0 Å². The molecule has 0 aliphatic carbocycles. The van der Waals surface area contributed by atoms with Gasteiger partial charge in [-0.15, -0.1) is 0 Å². The van der Waals surface area contributed by atoms with Gasteiger partial charge in [0.15, 0.2) is 0 Å². The maximum absolute atomic E-state index is 12.7. The zero-order chi connectivity index (χ0) is 36.3. The number of carbonyl (C=O) groups excluding carboxylic acids is 1. The quantitative estimate of drug-likeness (QED) is 0.0242. The third-order valence-electron chi connectivity index (χ3n) is 8.83. The lowest BCUT2D eigenvalue weighted by molar-refractivity contribution is -0.124. The summed E-state index contributed by atoms with van der Waals surface area (Å²) >= 11 is 0. The lowest BCUT2D eigenvalue weighted by atomic mass is 10.0. The number of hydrogen-bond donors (Lipinski definition) is 5. The Morgan fingerprint density at radius 2 is 1.14 bits per heavy atom. The normalized spacial score (nSPS) is 15.1. The van der Waals surface area contributed by atoms with Crippen LogP contribution in [-0.2, 0) is 18.4 Å². The second-order valence-corrected chi connectivity index (χ2v) is 15.1. The molecule has 0 saturated carbocycles. The molecule has 0 aromatic heterocycles. The highest BCUT2D eigenvalue weighted by Crippen LogP contribution is 2.43. The molecule has 0 aromatic carbocycles. The molecule has 0 fully saturated rings. The fourth-order valence-corrected chi connectivity index (χ4v) is 6.52. The average Bonchev–Trinajstić information content (AvgIpc) is 3.07. The number of aliphatic hydroxyl groups excluding tert-OH is 2. The first-order valence-electron chi connectivity index (χ1n) is 20.0. The van der Waals surface area contributed by atoms with Gasteiger partial charge in [0.1, 0.15) is 0 Å². The molecule has 0 radical (unpaired) electrons. The van der Waals surface area contributed by atoms with Crippen molar-refractivity contribution in [2.24, 2.45) is 5.73 Å². The van der Waals surface area contributed by atoms with E-state index in [4.69, 9.17) is 14.8 Å². The van der Waals surface area contributed by atoms with Crippen molar-refractivity contribution in [1.29, 1.82) is 0 Å². The molecular formula is C39H77N2O7P. The van der Waals surface area contributed by atoms with Crippen molar-refractivity contribution in [3.8, 4) is 0 Å². The summed E-state index contributed by atoms with van der Waals surface area (Å²) in [4.78, 5) is 22.6.